The molecule has 1 rings (SSSR count). The fraction of sp³-hybridized carbons (Fsp3) is 0.474. The fourth-order valence-corrected chi connectivity index (χ4v) is 2.90. The van der Waals surface area contributed by atoms with Crippen molar-refractivity contribution >= 4 is 11.8 Å². The molecular weight excluding hydrogens is 292 g/mol. The first-order chi connectivity index (χ1) is 10.6. The fourth-order valence-electron chi connectivity index (χ4n) is 2.90. The molecule has 23 heavy (non-hydrogen) atoms. The van der Waals surface area contributed by atoms with E-state index in [-0.39, 0.29) is 12.2 Å². The SMILES string of the molecule is C=CCC1=C(C)[C@](O)(C=CC(C)=CC(=O)OC)C(C)(C)CC1=O. The van der Waals surface area contributed by atoms with Gasteiger partial charge in [0.1, 0.15) is 5.60 Å². The Labute approximate surface area is 138 Å². The van der Waals surface area contributed by atoms with Gasteiger partial charge in [-0.1, -0.05) is 26.0 Å². The van der Waals surface area contributed by atoms with E-state index in [9.17, 15) is 14.7 Å². The predicted octanol–water partition coefficient (Wildman–Crippen LogP) is 3.28. The molecule has 0 saturated heterocycles. The van der Waals surface area contributed by atoms with Crippen LogP contribution < -0.4 is 0 Å². The van der Waals surface area contributed by atoms with Crippen molar-refractivity contribution in [2.45, 2.75) is 46.1 Å². The third-order valence-corrected chi connectivity index (χ3v) is 4.48. The molecular formula is C19H26O4. The number of allylic oxidation sites excluding steroid dienone is 4. The standard InChI is InChI=1S/C19H26O4/c1-7-8-15-14(3)19(22,18(4,5)12-16(15)20)10-9-13(2)11-17(21)23-6/h7,9-11,22H,1,8,12H2,2-6H3/t19-/m1/s1. The largest absolute Gasteiger partial charge is 0.466 e. The summed E-state index contributed by atoms with van der Waals surface area (Å²) in [7, 11) is 1.31. The lowest BCUT2D eigenvalue weighted by atomic mass is 9.62. The molecule has 1 N–H and O–H groups in total. The highest BCUT2D eigenvalue weighted by atomic mass is 16.5. The molecule has 0 heterocycles. The van der Waals surface area contributed by atoms with Gasteiger partial charge in [-0.15, -0.1) is 6.58 Å². The van der Waals surface area contributed by atoms with E-state index in [4.69, 9.17) is 0 Å². The van der Waals surface area contributed by atoms with Crippen molar-refractivity contribution in [2.75, 3.05) is 7.11 Å². The van der Waals surface area contributed by atoms with Crippen molar-refractivity contribution in [3.63, 3.8) is 0 Å². The number of ether oxygens (including phenoxy) is 1. The van der Waals surface area contributed by atoms with Crippen LogP contribution in [0.5, 0.6) is 0 Å². The Morgan fingerprint density at radius 1 is 1.43 bits per heavy atom. The number of ketones is 1. The lowest BCUT2D eigenvalue weighted by Gasteiger charge is -2.45. The number of hydrogen-bond acceptors (Lipinski definition) is 4. The van der Waals surface area contributed by atoms with Crippen LogP contribution >= 0.6 is 0 Å². The van der Waals surface area contributed by atoms with Gasteiger partial charge in [0.25, 0.3) is 0 Å². The molecule has 0 aromatic carbocycles. The minimum absolute atomic E-state index is 0.0484. The summed E-state index contributed by atoms with van der Waals surface area (Å²) < 4.78 is 4.59. The molecule has 0 amide bonds. The van der Waals surface area contributed by atoms with E-state index in [1.165, 1.54) is 13.2 Å². The van der Waals surface area contributed by atoms with Crippen molar-refractivity contribution < 1.29 is 19.4 Å². The van der Waals surface area contributed by atoms with E-state index in [0.717, 1.165) is 0 Å². The number of rotatable bonds is 5. The average Bonchev–Trinajstić information content (AvgIpc) is 2.47. The average molecular weight is 318 g/mol. The first-order valence-electron chi connectivity index (χ1n) is 7.61. The molecule has 0 aromatic heterocycles. The van der Waals surface area contributed by atoms with Crippen LogP contribution in [-0.4, -0.2) is 29.6 Å². The number of carbonyl (C=O) groups is 2. The van der Waals surface area contributed by atoms with Gasteiger partial charge in [-0.3, -0.25) is 4.79 Å². The van der Waals surface area contributed by atoms with E-state index in [1.54, 1.807) is 32.1 Å². The van der Waals surface area contributed by atoms with Crippen molar-refractivity contribution in [1.29, 1.82) is 0 Å². The Balaban J connectivity index is 3.32. The van der Waals surface area contributed by atoms with E-state index in [1.807, 2.05) is 13.8 Å². The summed E-state index contributed by atoms with van der Waals surface area (Å²) in [5.41, 5.74) is 0.0172. The van der Waals surface area contributed by atoms with Gasteiger partial charge in [0.05, 0.1) is 7.11 Å². The van der Waals surface area contributed by atoms with Gasteiger partial charge < -0.3 is 9.84 Å². The molecule has 0 fully saturated rings. The van der Waals surface area contributed by atoms with Crippen molar-refractivity contribution in [3.8, 4) is 0 Å². The molecule has 0 bridgehead atoms. The molecule has 0 spiro atoms. The second-order valence-corrected chi connectivity index (χ2v) is 6.59. The van der Waals surface area contributed by atoms with Crippen molar-refractivity contribution in [2.24, 2.45) is 5.41 Å². The summed E-state index contributed by atoms with van der Waals surface area (Å²) in [4.78, 5) is 23.6. The normalized spacial score (nSPS) is 25.0. The van der Waals surface area contributed by atoms with Crippen LogP contribution in [0.25, 0.3) is 0 Å². The summed E-state index contributed by atoms with van der Waals surface area (Å²) >= 11 is 0. The van der Waals surface area contributed by atoms with Crippen LogP contribution in [0, 0.1) is 5.41 Å². The third-order valence-electron chi connectivity index (χ3n) is 4.48. The molecule has 4 nitrogen and oxygen atoms in total. The van der Waals surface area contributed by atoms with Gasteiger partial charge in [-0.25, -0.2) is 4.79 Å². The monoisotopic (exact) mass is 318 g/mol. The smallest absolute Gasteiger partial charge is 0.330 e. The molecule has 0 saturated carbocycles. The van der Waals surface area contributed by atoms with E-state index in [2.05, 4.69) is 11.3 Å². The molecule has 1 aliphatic carbocycles. The molecule has 0 radical (unpaired) electrons. The lowest BCUT2D eigenvalue weighted by Crippen LogP contribution is -2.49. The zero-order valence-electron chi connectivity index (χ0n) is 14.6. The highest BCUT2D eigenvalue weighted by Gasteiger charge is 2.49. The molecule has 0 aromatic rings. The Kier molecular flexibility index (Phi) is 5.89. The number of hydrogen-bond donors (Lipinski definition) is 1. The number of Topliss-reactive ketones (excluding diaryl/α,β-unsaturated/α-hetero) is 1. The minimum atomic E-state index is -1.26. The second-order valence-electron chi connectivity index (χ2n) is 6.59. The third kappa shape index (κ3) is 3.88. The van der Waals surface area contributed by atoms with E-state index >= 15 is 0 Å². The van der Waals surface area contributed by atoms with Crippen molar-refractivity contribution in [1.82, 2.24) is 0 Å². The first-order valence-corrected chi connectivity index (χ1v) is 7.61. The second kappa shape index (κ2) is 7.09. The molecule has 0 unspecified atom stereocenters. The number of esters is 1. The van der Waals surface area contributed by atoms with E-state index in [0.29, 0.717) is 23.1 Å². The van der Waals surface area contributed by atoms with Crippen LogP contribution in [0.4, 0.5) is 0 Å². The predicted molar refractivity (Wildman–Crippen MR) is 90.8 cm³/mol. The highest BCUT2D eigenvalue weighted by molar-refractivity contribution is 5.98. The van der Waals surface area contributed by atoms with Gasteiger partial charge in [-0.05, 0) is 37.5 Å². The van der Waals surface area contributed by atoms with Gasteiger partial charge in [0.2, 0.25) is 0 Å². The van der Waals surface area contributed by atoms with Gasteiger partial charge >= 0.3 is 5.97 Å². The van der Waals surface area contributed by atoms with Crippen molar-refractivity contribution in [3.05, 3.63) is 47.6 Å². The molecule has 0 aliphatic heterocycles. The summed E-state index contributed by atoms with van der Waals surface area (Å²) in [5.74, 6) is -0.399. The Morgan fingerprint density at radius 2 is 2.04 bits per heavy atom. The summed E-state index contributed by atoms with van der Waals surface area (Å²) in [6.45, 7) is 10.9. The van der Waals surface area contributed by atoms with Crippen LogP contribution in [0.3, 0.4) is 0 Å². The van der Waals surface area contributed by atoms with Crippen LogP contribution in [0.2, 0.25) is 0 Å². The number of aliphatic hydroxyl groups is 1. The summed E-state index contributed by atoms with van der Waals surface area (Å²) in [6.07, 6.45) is 7.06. The number of carbonyl (C=O) groups excluding carboxylic acids is 2. The maximum Gasteiger partial charge on any atom is 0.330 e. The van der Waals surface area contributed by atoms with E-state index < -0.39 is 17.0 Å². The van der Waals surface area contributed by atoms with Crippen LogP contribution in [0.15, 0.2) is 47.6 Å². The molecule has 1 aliphatic rings. The van der Waals surface area contributed by atoms with Gasteiger partial charge in [0, 0.05) is 23.5 Å². The Hall–Kier alpha value is -1.94. The maximum atomic E-state index is 12.3. The van der Waals surface area contributed by atoms with Gasteiger partial charge in [0.15, 0.2) is 5.78 Å². The summed E-state index contributed by atoms with van der Waals surface area (Å²) in [5, 5.41) is 11.2. The van der Waals surface area contributed by atoms with Crippen LogP contribution in [-0.2, 0) is 14.3 Å². The zero-order valence-corrected chi connectivity index (χ0v) is 14.6. The number of methoxy groups -OCH3 is 1. The topological polar surface area (TPSA) is 63.6 Å². The Bertz CT molecular complexity index is 605. The highest BCUT2D eigenvalue weighted by Crippen LogP contribution is 2.47. The van der Waals surface area contributed by atoms with Crippen LogP contribution in [0.1, 0.15) is 40.5 Å². The van der Waals surface area contributed by atoms with Gasteiger partial charge in [-0.2, -0.15) is 0 Å². The quantitative estimate of drug-likeness (QED) is 0.366. The molecule has 4 heteroatoms. The zero-order chi connectivity index (χ0) is 17.8. The summed E-state index contributed by atoms with van der Waals surface area (Å²) in [6, 6.07) is 0. The minimum Gasteiger partial charge on any atom is -0.466 e. The maximum absolute atomic E-state index is 12.3. The first kappa shape index (κ1) is 19.1. The Morgan fingerprint density at radius 3 is 2.57 bits per heavy atom. The molecule has 1 atom stereocenters. The molecule has 126 valence electrons. The lowest BCUT2D eigenvalue weighted by molar-refractivity contribution is -0.134.